The summed E-state index contributed by atoms with van der Waals surface area (Å²) in [6, 6.07) is 30.5. The molecule has 0 radical (unpaired) electrons. The van der Waals surface area contributed by atoms with Gasteiger partial charge in [-0.1, -0.05) is 83.9 Å². The van der Waals surface area contributed by atoms with Crippen molar-refractivity contribution in [2.75, 3.05) is 4.72 Å². The van der Waals surface area contributed by atoms with E-state index in [1.54, 1.807) is 34.9 Å². The Morgan fingerprint density at radius 1 is 0.810 bits per heavy atom. The Morgan fingerprint density at radius 3 is 2.14 bits per heavy atom. The van der Waals surface area contributed by atoms with Crippen LogP contribution in [0.3, 0.4) is 0 Å². The molecule has 6 rings (SSSR count). The molecule has 0 fully saturated rings. The SMILES string of the molecule is Cc1ccc(S(=O)(=O)Nc2c(C(=O)NCc3ccccc3)c3nc4ccccc4nc3n2Cc2ccc(Cl)cc2)cc1. The summed E-state index contributed by atoms with van der Waals surface area (Å²) in [5.41, 5.74) is 4.59. The van der Waals surface area contributed by atoms with Crippen molar-refractivity contribution in [2.45, 2.75) is 24.9 Å². The molecule has 42 heavy (non-hydrogen) atoms. The van der Waals surface area contributed by atoms with E-state index >= 15 is 0 Å². The number of hydrogen-bond acceptors (Lipinski definition) is 5. The van der Waals surface area contributed by atoms with Crippen LogP contribution in [-0.4, -0.2) is 28.9 Å². The molecule has 6 aromatic rings. The summed E-state index contributed by atoms with van der Waals surface area (Å²) >= 11 is 6.13. The standard InChI is InChI=1S/C32H26ClN5O3S/c1-21-11-17-25(18-12-21)42(40,41)37-30-28(32(39)34-19-22-7-3-2-4-8-22)29-31(36-27-10-6-5-9-26(27)35-29)38(30)20-23-13-15-24(33)16-14-23/h2-18,37H,19-20H2,1H3,(H,34,39). The van der Waals surface area contributed by atoms with Crippen molar-refractivity contribution in [3.05, 3.63) is 130 Å². The molecule has 1 amide bonds. The molecule has 2 aromatic heterocycles. The van der Waals surface area contributed by atoms with Gasteiger partial charge in [0.15, 0.2) is 5.65 Å². The topological polar surface area (TPSA) is 106 Å². The van der Waals surface area contributed by atoms with Crippen molar-refractivity contribution in [1.29, 1.82) is 0 Å². The summed E-state index contributed by atoms with van der Waals surface area (Å²) in [5.74, 6) is -0.411. The maximum Gasteiger partial charge on any atom is 0.263 e. The molecule has 8 nitrogen and oxygen atoms in total. The van der Waals surface area contributed by atoms with Crippen LogP contribution in [-0.2, 0) is 23.1 Å². The minimum atomic E-state index is -4.10. The molecule has 0 atom stereocenters. The number of fused-ring (bicyclic) bond motifs is 2. The molecule has 0 aliphatic carbocycles. The Morgan fingerprint density at radius 2 is 1.45 bits per heavy atom. The van der Waals surface area contributed by atoms with Crippen molar-refractivity contribution in [2.24, 2.45) is 0 Å². The third-order valence-corrected chi connectivity index (χ3v) is 8.50. The van der Waals surface area contributed by atoms with Crippen LogP contribution in [0.2, 0.25) is 5.02 Å². The van der Waals surface area contributed by atoms with Gasteiger partial charge in [-0.3, -0.25) is 9.52 Å². The van der Waals surface area contributed by atoms with Gasteiger partial charge in [0.05, 0.1) is 22.5 Å². The highest BCUT2D eigenvalue weighted by molar-refractivity contribution is 7.92. The number of para-hydroxylation sites is 2. The van der Waals surface area contributed by atoms with E-state index in [0.29, 0.717) is 21.7 Å². The lowest BCUT2D eigenvalue weighted by atomic mass is 10.2. The Labute approximate surface area is 248 Å². The molecule has 0 aliphatic rings. The van der Waals surface area contributed by atoms with Gasteiger partial charge in [-0.15, -0.1) is 0 Å². The third-order valence-electron chi connectivity index (χ3n) is 6.89. The van der Waals surface area contributed by atoms with Crippen molar-refractivity contribution in [3.8, 4) is 0 Å². The predicted molar refractivity (Wildman–Crippen MR) is 165 cm³/mol. The molecular formula is C32H26ClN5O3S. The normalized spacial score (nSPS) is 11.6. The first-order valence-electron chi connectivity index (χ1n) is 13.2. The summed E-state index contributed by atoms with van der Waals surface area (Å²) in [4.78, 5) is 23.6. The van der Waals surface area contributed by atoms with Crippen molar-refractivity contribution in [1.82, 2.24) is 19.9 Å². The highest BCUT2D eigenvalue weighted by Crippen LogP contribution is 2.33. The van der Waals surface area contributed by atoms with Gasteiger partial charge in [-0.05, 0) is 54.4 Å². The number of carbonyl (C=O) groups is 1. The average molecular weight is 596 g/mol. The molecule has 0 aliphatic heterocycles. The summed E-state index contributed by atoms with van der Waals surface area (Å²) in [5, 5.41) is 3.51. The Bertz CT molecular complexity index is 2030. The van der Waals surface area contributed by atoms with E-state index in [2.05, 4.69) is 10.0 Å². The molecule has 0 saturated heterocycles. The van der Waals surface area contributed by atoms with Crippen LogP contribution in [0.5, 0.6) is 0 Å². The first-order valence-corrected chi connectivity index (χ1v) is 15.1. The van der Waals surface area contributed by atoms with Crippen LogP contribution in [0.15, 0.2) is 108 Å². The molecule has 10 heteroatoms. The van der Waals surface area contributed by atoms with E-state index in [9.17, 15) is 13.2 Å². The van der Waals surface area contributed by atoms with E-state index in [-0.39, 0.29) is 34.9 Å². The van der Waals surface area contributed by atoms with E-state index in [4.69, 9.17) is 21.6 Å². The maximum absolute atomic E-state index is 13.9. The van der Waals surface area contributed by atoms with Gasteiger partial charge >= 0.3 is 0 Å². The van der Waals surface area contributed by atoms with Crippen LogP contribution in [0, 0.1) is 6.92 Å². The molecule has 4 aromatic carbocycles. The first-order chi connectivity index (χ1) is 20.3. The Kier molecular flexibility index (Phi) is 7.36. The average Bonchev–Trinajstić information content (AvgIpc) is 3.27. The fourth-order valence-corrected chi connectivity index (χ4v) is 5.92. The zero-order valence-electron chi connectivity index (χ0n) is 22.6. The molecule has 2 N–H and O–H groups in total. The van der Waals surface area contributed by atoms with Crippen molar-refractivity contribution in [3.63, 3.8) is 0 Å². The summed E-state index contributed by atoms with van der Waals surface area (Å²) in [6.07, 6.45) is 0. The van der Waals surface area contributed by atoms with Gasteiger partial charge in [-0.25, -0.2) is 18.4 Å². The maximum atomic E-state index is 13.9. The van der Waals surface area contributed by atoms with Crippen LogP contribution in [0.4, 0.5) is 5.82 Å². The number of aryl methyl sites for hydroxylation is 1. The summed E-state index contributed by atoms with van der Waals surface area (Å²) < 4.78 is 31.8. The number of nitrogens with zero attached hydrogens (tertiary/aromatic N) is 3. The Balaban J connectivity index is 1.56. The van der Waals surface area contributed by atoms with Crippen LogP contribution >= 0.6 is 11.6 Å². The van der Waals surface area contributed by atoms with E-state index in [1.807, 2.05) is 67.6 Å². The van der Waals surface area contributed by atoms with Gasteiger partial charge in [0, 0.05) is 11.6 Å². The highest BCUT2D eigenvalue weighted by atomic mass is 35.5. The molecule has 0 spiro atoms. The largest absolute Gasteiger partial charge is 0.348 e. The minimum absolute atomic E-state index is 0.0677. The van der Waals surface area contributed by atoms with Crippen LogP contribution < -0.4 is 10.0 Å². The monoisotopic (exact) mass is 595 g/mol. The lowest BCUT2D eigenvalue weighted by Gasteiger charge is -2.15. The van der Waals surface area contributed by atoms with Gasteiger partial charge in [-0.2, -0.15) is 0 Å². The van der Waals surface area contributed by atoms with E-state index in [0.717, 1.165) is 16.7 Å². The van der Waals surface area contributed by atoms with E-state index < -0.39 is 15.9 Å². The Hall–Kier alpha value is -4.73. The van der Waals surface area contributed by atoms with Gasteiger partial charge in [0.1, 0.15) is 16.9 Å². The number of sulfonamides is 1. The van der Waals surface area contributed by atoms with Crippen molar-refractivity contribution < 1.29 is 13.2 Å². The second-order valence-corrected chi connectivity index (χ2v) is 12.0. The van der Waals surface area contributed by atoms with E-state index in [1.165, 1.54) is 12.1 Å². The molecule has 2 heterocycles. The molecule has 210 valence electrons. The zero-order chi connectivity index (χ0) is 29.3. The molecule has 0 bridgehead atoms. The number of nitrogens with one attached hydrogen (secondary N) is 2. The van der Waals surface area contributed by atoms with Gasteiger partial charge in [0.2, 0.25) is 0 Å². The third kappa shape index (κ3) is 5.57. The summed E-state index contributed by atoms with van der Waals surface area (Å²) in [7, 11) is -4.10. The number of rotatable bonds is 8. The van der Waals surface area contributed by atoms with Crippen LogP contribution in [0.1, 0.15) is 27.0 Å². The lowest BCUT2D eigenvalue weighted by Crippen LogP contribution is -2.25. The molecule has 0 saturated carbocycles. The number of halogens is 1. The minimum Gasteiger partial charge on any atom is -0.348 e. The summed E-state index contributed by atoms with van der Waals surface area (Å²) in [6.45, 7) is 2.33. The second-order valence-electron chi connectivity index (χ2n) is 9.91. The highest BCUT2D eigenvalue weighted by Gasteiger charge is 2.29. The smallest absolute Gasteiger partial charge is 0.263 e. The van der Waals surface area contributed by atoms with Gasteiger partial charge < -0.3 is 9.88 Å². The quantitative estimate of drug-likeness (QED) is 0.214. The number of hydrogen-bond donors (Lipinski definition) is 2. The first kappa shape index (κ1) is 27.4. The lowest BCUT2D eigenvalue weighted by molar-refractivity contribution is 0.0953. The number of benzene rings is 4. The number of carbonyl (C=O) groups excluding carboxylic acids is 1. The number of amides is 1. The zero-order valence-corrected chi connectivity index (χ0v) is 24.2. The number of aromatic nitrogens is 3. The fraction of sp³-hybridized carbons (Fsp3) is 0.0938. The predicted octanol–water partition coefficient (Wildman–Crippen LogP) is 6.33. The molecular weight excluding hydrogens is 570 g/mol. The number of anilines is 1. The second kappa shape index (κ2) is 11.3. The molecule has 0 unspecified atom stereocenters. The van der Waals surface area contributed by atoms with Crippen LogP contribution in [0.25, 0.3) is 22.2 Å². The van der Waals surface area contributed by atoms with Crippen molar-refractivity contribution >= 4 is 55.5 Å². The van der Waals surface area contributed by atoms with Gasteiger partial charge in [0.25, 0.3) is 15.9 Å². The fourth-order valence-electron chi connectivity index (χ4n) is 4.72.